The largest absolute Gasteiger partial charge is 0.354 e. The topological polar surface area (TPSA) is 44.4 Å². The van der Waals surface area contributed by atoms with Gasteiger partial charge in [0.1, 0.15) is 5.82 Å². The molecule has 0 bridgehead atoms. The smallest absolute Gasteiger partial charge is 0.237 e. The highest BCUT2D eigenvalue weighted by Gasteiger charge is 2.34. The molecule has 1 aromatic carbocycles. The number of rotatable bonds is 4. The third kappa shape index (κ3) is 3.67. The van der Waals surface area contributed by atoms with Crippen LogP contribution >= 0.6 is 11.6 Å². The van der Waals surface area contributed by atoms with E-state index in [1.807, 2.05) is 13.1 Å². The molecule has 0 saturated carbocycles. The van der Waals surface area contributed by atoms with Gasteiger partial charge in [0.2, 0.25) is 5.91 Å². The molecule has 2 N–H and O–H groups in total. The van der Waals surface area contributed by atoms with E-state index in [0.717, 1.165) is 37.9 Å². The van der Waals surface area contributed by atoms with Gasteiger partial charge in [-0.2, -0.15) is 0 Å². The van der Waals surface area contributed by atoms with Crippen molar-refractivity contribution < 1.29 is 9.18 Å². The first-order valence-electron chi connectivity index (χ1n) is 8.22. The number of hydrogen-bond donors (Lipinski definition) is 2. The normalized spacial score (nSPS) is 28.2. The van der Waals surface area contributed by atoms with Crippen LogP contribution in [0.4, 0.5) is 4.39 Å². The van der Waals surface area contributed by atoms with Crippen molar-refractivity contribution in [3.63, 3.8) is 0 Å². The van der Waals surface area contributed by atoms with E-state index in [1.165, 1.54) is 6.07 Å². The average Bonchev–Trinajstić information content (AvgIpc) is 3.18. The molecule has 6 heteroatoms. The van der Waals surface area contributed by atoms with Crippen LogP contribution in [-0.4, -0.2) is 43.5 Å². The Hall–Kier alpha value is -1.17. The Morgan fingerprint density at radius 1 is 1.48 bits per heavy atom. The highest BCUT2D eigenvalue weighted by atomic mass is 35.5. The van der Waals surface area contributed by atoms with Gasteiger partial charge in [0.25, 0.3) is 0 Å². The molecule has 2 aliphatic heterocycles. The Kier molecular flexibility index (Phi) is 5.19. The monoisotopic (exact) mass is 339 g/mol. The van der Waals surface area contributed by atoms with E-state index in [9.17, 15) is 9.18 Å². The molecule has 2 aliphatic rings. The number of benzene rings is 1. The first-order chi connectivity index (χ1) is 11.1. The van der Waals surface area contributed by atoms with Crippen LogP contribution < -0.4 is 10.6 Å². The molecule has 0 aromatic heterocycles. The van der Waals surface area contributed by atoms with Gasteiger partial charge in [-0.05, 0) is 63.0 Å². The van der Waals surface area contributed by atoms with E-state index in [-0.39, 0.29) is 34.7 Å². The Labute approximate surface area is 141 Å². The molecule has 2 heterocycles. The zero-order valence-corrected chi connectivity index (χ0v) is 14.1. The van der Waals surface area contributed by atoms with E-state index < -0.39 is 0 Å². The number of hydrogen-bond acceptors (Lipinski definition) is 3. The third-order valence-corrected chi connectivity index (χ3v) is 5.28. The Morgan fingerprint density at radius 3 is 3.00 bits per heavy atom. The molecule has 3 rings (SSSR count). The zero-order chi connectivity index (χ0) is 16.4. The number of halogens is 2. The fourth-order valence-electron chi connectivity index (χ4n) is 3.73. The van der Waals surface area contributed by atoms with Gasteiger partial charge in [0, 0.05) is 12.6 Å². The second-order valence-corrected chi connectivity index (χ2v) is 6.95. The third-order valence-electron chi connectivity index (χ3n) is 4.97. The standard InChI is InChI=1S/C17H23ClFN3O/c1-22-8-6-12(10-21-17(23)15-3-2-7-20-15)16(22)11-4-5-13(18)14(19)9-11/h4-5,9,12,15-16,20H,2-3,6-8,10H2,1H3,(H,21,23). The van der Waals surface area contributed by atoms with Crippen molar-refractivity contribution in [3.05, 3.63) is 34.6 Å². The maximum Gasteiger partial charge on any atom is 0.237 e. The van der Waals surface area contributed by atoms with Gasteiger partial charge in [-0.15, -0.1) is 0 Å². The van der Waals surface area contributed by atoms with Gasteiger partial charge in [-0.3, -0.25) is 9.69 Å². The molecule has 3 atom stereocenters. The molecule has 3 unspecified atom stereocenters. The lowest BCUT2D eigenvalue weighted by molar-refractivity contribution is -0.123. The first-order valence-corrected chi connectivity index (χ1v) is 8.60. The van der Waals surface area contributed by atoms with E-state index in [4.69, 9.17) is 11.6 Å². The van der Waals surface area contributed by atoms with Gasteiger partial charge in [0.15, 0.2) is 0 Å². The van der Waals surface area contributed by atoms with Gasteiger partial charge >= 0.3 is 0 Å². The fourth-order valence-corrected chi connectivity index (χ4v) is 3.84. The molecule has 0 aliphatic carbocycles. The molecule has 1 aromatic rings. The summed E-state index contributed by atoms with van der Waals surface area (Å²) in [6.07, 6.45) is 2.95. The highest BCUT2D eigenvalue weighted by Crippen LogP contribution is 2.36. The lowest BCUT2D eigenvalue weighted by atomic mass is 9.93. The van der Waals surface area contributed by atoms with Crippen LogP contribution in [0.15, 0.2) is 18.2 Å². The van der Waals surface area contributed by atoms with Crippen LogP contribution in [0.1, 0.15) is 30.9 Å². The molecule has 0 spiro atoms. The van der Waals surface area contributed by atoms with Gasteiger partial charge in [-0.25, -0.2) is 4.39 Å². The molecule has 1 amide bonds. The molecule has 2 fully saturated rings. The highest BCUT2D eigenvalue weighted by molar-refractivity contribution is 6.30. The summed E-state index contributed by atoms with van der Waals surface area (Å²) in [6.45, 7) is 2.48. The SMILES string of the molecule is CN1CCC(CNC(=O)C2CCCN2)C1c1ccc(Cl)c(F)c1. The van der Waals surface area contributed by atoms with Crippen LogP contribution in [0.5, 0.6) is 0 Å². The minimum absolute atomic E-state index is 0.0550. The molecule has 0 radical (unpaired) electrons. The Balaban J connectivity index is 1.65. The fraction of sp³-hybridized carbons (Fsp3) is 0.588. The Morgan fingerprint density at radius 2 is 2.30 bits per heavy atom. The number of amides is 1. The number of carbonyl (C=O) groups excluding carboxylic acids is 1. The number of likely N-dealkylation sites (tertiary alicyclic amines) is 1. The summed E-state index contributed by atoms with van der Waals surface area (Å²) in [6, 6.07) is 5.06. The summed E-state index contributed by atoms with van der Waals surface area (Å²) in [5, 5.41) is 6.42. The summed E-state index contributed by atoms with van der Waals surface area (Å²) in [4.78, 5) is 14.4. The van der Waals surface area contributed by atoms with Crippen LogP contribution in [0.25, 0.3) is 0 Å². The summed E-state index contributed by atoms with van der Waals surface area (Å²) >= 11 is 5.78. The van der Waals surface area contributed by atoms with Gasteiger partial charge < -0.3 is 10.6 Å². The minimum Gasteiger partial charge on any atom is -0.354 e. The first kappa shape index (κ1) is 16.7. The summed E-state index contributed by atoms with van der Waals surface area (Å²) in [5.41, 5.74) is 0.921. The second-order valence-electron chi connectivity index (χ2n) is 6.54. The molecule has 126 valence electrons. The van der Waals surface area contributed by atoms with Crippen LogP contribution in [0, 0.1) is 11.7 Å². The summed E-state index contributed by atoms with van der Waals surface area (Å²) in [5.74, 6) is -0.0218. The predicted octanol–water partition coefficient (Wildman–Crippen LogP) is 2.34. The van der Waals surface area contributed by atoms with Gasteiger partial charge in [-0.1, -0.05) is 17.7 Å². The number of nitrogens with one attached hydrogen (secondary N) is 2. The zero-order valence-electron chi connectivity index (χ0n) is 13.3. The van der Waals surface area contributed by atoms with Crippen molar-refractivity contribution in [2.24, 2.45) is 5.92 Å². The number of carbonyl (C=O) groups is 1. The quantitative estimate of drug-likeness (QED) is 0.885. The average molecular weight is 340 g/mol. The van der Waals surface area contributed by atoms with E-state index in [0.29, 0.717) is 6.54 Å². The Bertz CT molecular complexity index is 577. The molecular formula is C17H23ClFN3O. The van der Waals surface area contributed by atoms with Crippen molar-refractivity contribution >= 4 is 17.5 Å². The molecular weight excluding hydrogens is 317 g/mol. The predicted molar refractivity (Wildman–Crippen MR) is 88.9 cm³/mol. The van der Waals surface area contributed by atoms with Crippen LogP contribution in [0.3, 0.4) is 0 Å². The lowest BCUT2D eigenvalue weighted by Crippen LogP contribution is -2.42. The van der Waals surface area contributed by atoms with Crippen LogP contribution in [-0.2, 0) is 4.79 Å². The molecule has 2 saturated heterocycles. The van der Waals surface area contributed by atoms with Crippen molar-refractivity contribution in [3.8, 4) is 0 Å². The molecule has 23 heavy (non-hydrogen) atoms. The minimum atomic E-state index is -0.387. The van der Waals surface area contributed by atoms with Crippen molar-refractivity contribution in [1.29, 1.82) is 0 Å². The van der Waals surface area contributed by atoms with Crippen molar-refractivity contribution in [1.82, 2.24) is 15.5 Å². The van der Waals surface area contributed by atoms with E-state index in [1.54, 1.807) is 6.07 Å². The maximum absolute atomic E-state index is 13.8. The second kappa shape index (κ2) is 7.16. The van der Waals surface area contributed by atoms with Crippen molar-refractivity contribution in [2.75, 3.05) is 26.7 Å². The lowest BCUT2D eigenvalue weighted by Gasteiger charge is -2.26. The van der Waals surface area contributed by atoms with E-state index >= 15 is 0 Å². The van der Waals surface area contributed by atoms with Crippen molar-refractivity contribution in [2.45, 2.75) is 31.3 Å². The van der Waals surface area contributed by atoms with E-state index in [2.05, 4.69) is 15.5 Å². The molecule has 4 nitrogen and oxygen atoms in total. The van der Waals surface area contributed by atoms with Crippen LogP contribution in [0.2, 0.25) is 5.02 Å². The van der Waals surface area contributed by atoms with Gasteiger partial charge in [0.05, 0.1) is 11.1 Å². The maximum atomic E-state index is 13.8. The summed E-state index contributed by atoms with van der Waals surface area (Å²) < 4.78 is 13.8. The number of nitrogens with zero attached hydrogens (tertiary/aromatic N) is 1. The summed E-state index contributed by atoms with van der Waals surface area (Å²) in [7, 11) is 2.04.